The van der Waals surface area contributed by atoms with Gasteiger partial charge in [0.1, 0.15) is 11.9 Å². The lowest BCUT2D eigenvalue weighted by Gasteiger charge is -2.16. The fraction of sp³-hybridized carbons (Fsp3) is 0.250. The van der Waals surface area contributed by atoms with Crippen LogP contribution in [-0.2, 0) is 0 Å². The molecular formula is C16H18N2O3. The second kappa shape index (κ2) is 6.74. The lowest BCUT2D eigenvalue weighted by molar-refractivity contribution is -0.384. The van der Waals surface area contributed by atoms with Crippen molar-refractivity contribution < 1.29 is 9.66 Å². The Balaban J connectivity index is 2.24. The highest BCUT2D eigenvalue weighted by Gasteiger charge is 2.13. The van der Waals surface area contributed by atoms with Gasteiger partial charge in [0.25, 0.3) is 5.69 Å². The van der Waals surface area contributed by atoms with Gasteiger partial charge in [-0.25, -0.2) is 0 Å². The van der Waals surface area contributed by atoms with Crippen molar-refractivity contribution in [1.29, 1.82) is 0 Å². The number of benzene rings is 2. The third-order valence-corrected chi connectivity index (χ3v) is 3.06. The zero-order chi connectivity index (χ0) is 15.2. The highest BCUT2D eigenvalue weighted by Crippen LogP contribution is 2.29. The van der Waals surface area contributed by atoms with Gasteiger partial charge in [0, 0.05) is 24.4 Å². The van der Waals surface area contributed by atoms with Crippen molar-refractivity contribution in [3.8, 4) is 5.75 Å². The highest BCUT2D eigenvalue weighted by molar-refractivity contribution is 5.56. The number of nitro groups is 1. The average molecular weight is 286 g/mol. The van der Waals surface area contributed by atoms with E-state index in [-0.39, 0.29) is 11.8 Å². The summed E-state index contributed by atoms with van der Waals surface area (Å²) in [7, 11) is 0. The van der Waals surface area contributed by atoms with Gasteiger partial charge in [-0.1, -0.05) is 30.3 Å². The van der Waals surface area contributed by atoms with E-state index in [2.05, 4.69) is 5.32 Å². The molecule has 0 fully saturated rings. The first-order valence-electron chi connectivity index (χ1n) is 6.85. The number of non-ortho nitro benzene ring substituents is 1. The van der Waals surface area contributed by atoms with Gasteiger partial charge < -0.3 is 10.1 Å². The fourth-order valence-electron chi connectivity index (χ4n) is 2.06. The van der Waals surface area contributed by atoms with E-state index in [1.165, 1.54) is 12.1 Å². The molecule has 0 heterocycles. The van der Waals surface area contributed by atoms with E-state index in [4.69, 9.17) is 4.74 Å². The average Bonchev–Trinajstić information content (AvgIpc) is 2.48. The molecule has 0 aliphatic carbocycles. The van der Waals surface area contributed by atoms with Crippen LogP contribution in [0.2, 0.25) is 0 Å². The highest BCUT2D eigenvalue weighted by atomic mass is 16.6. The predicted molar refractivity (Wildman–Crippen MR) is 82.7 cm³/mol. The van der Waals surface area contributed by atoms with Crippen LogP contribution < -0.4 is 10.1 Å². The number of nitrogens with zero attached hydrogens (tertiary/aromatic N) is 1. The van der Waals surface area contributed by atoms with Gasteiger partial charge in [-0.05, 0) is 19.4 Å². The zero-order valence-electron chi connectivity index (χ0n) is 12.1. The molecule has 0 saturated carbocycles. The molecule has 1 atom stereocenters. The summed E-state index contributed by atoms with van der Waals surface area (Å²) in [6, 6.07) is 14.5. The Bertz CT molecular complexity index is 614. The summed E-state index contributed by atoms with van der Waals surface area (Å²) in [5.41, 5.74) is 1.72. The molecule has 0 aliphatic rings. The Labute approximate surface area is 123 Å². The van der Waals surface area contributed by atoms with Crippen LogP contribution in [0, 0.1) is 10.1 Å². The smallest absolute Gasteiger partial charge is 0.275 e. The second-order valence-corrected chi connectivity index (χ2v) is 4.67. The SMILES string of the molecule is CCNc1cc(OC(C)c2ccccc2)cc([N+](=O)[O-])c1. The topological polar surface area (TPSA) is 64.4 Å². The fourth-order valence-corrected chi connectivity index (χ4v) is 2.06. The van der Waals surface area contributed by atoms with Crippen LogP contribution in [0.4, 0.5) is 11.4 Å². The molecule has 0 bridgehead atoms. The molecule has 0 radical (unpaired) electrons. The first kappa shape index (κ1) is 14.8. The van der Waals surface area contributed by atoms with Gasteiger partial charge in [-0.2, -0.15) is 0 Å². The summed E-state index contributed by atoms with van der Waals surface area (Å²) in [6.07, 6.45) is -0.178. The van der Waals surface area contributed by atoms with E-state index in [9.17, 15) is 10.1 Å². The minimum Gasteiger partial charge on any atom is -0.486 e. The molecule has 2 rings (SSSR count). The van der Waals surface area contributed by atoms with Gasteiger partial charge in [-0.3, -0.25) is 10.1 Å². The maximum absolute atomic E-state index is 11.0. The Morgan fingerprint density at radius 3 is 2.57 bits per heavy atom. The lowest BCUT2D eigenvalue weighted by atomic mass is 10.1. The molecule has 0 spiro atoms. The molecule has 1 unspecified atom stereocenters. The van der Waals surface area contributed by atoms with Gasteiger partial charge >= 0.3 is 0 Å². The summed E-state index contributed by atoms with van der Waals surface area (Å²) < 4.78 is 5.83. The summed E-state index contributed by atoms with van der Waals surface area (Å²) in [6.45, 7) is 4.54. The first-order chi connectivity index (χ1) is 10.1. The van der Waals surface area contributed by atoms with Gasteiger partial charge in [0.2, 0.25) is 0 Å². The molecule has 0 aliphatic heterocycles. The van der Waals surface area contributed by atoms with Crippen LogP contribution in [0.25, 0.3) is 0 Å². The molecule has 5 nitrogen and oxygen atoms in total. The quantitative estimate of drug-likeness (QED) is 0.639. The van der Waals surface area contributed by atoms with Crippen LogP contribution in [0.1, 0.15) is 25.5 Å². The van der Waals surface area contributed by atoms with Crippen LogP contribution in [0.15, 0.2) is 48.5 Å². The van der Waals surface area contributed by atoms with E-state index in [1.54, 1.807) is 6.07 Å². The normalized spacial score (nSPS) is 11.7. The maximum atomic E-state index is 11.0. The lowest BCUT2D eigenvalue weighted by Crippen LogP contribution is -2.04. The third kappa shape index (κ3) is 3.95. The number of hydrogen-bond donors (Lipinski definition) is 1. The molecule has 1 N–H and O–H groups in total. The predicted octanol–water partition coefficient (Wildman–Crippen LogP) is 4.17. The second-order valence-electron chi connectivity index (χ2n) is 4.67. The van der Waals surface area contributed by atoms with Crippen molar-refractivity contribution in [2.24, 2.45) is 0 Å². The summed E-state index contributed by atoms with van der Waals surface area (Å²) >= 11 is 0. The van der Waals surface area contributed by atoms with Crippen LogP contribution >= 0.6 is 0 Å². The minimum atomic E-state index is -0.416. The summed E-state index contributed by atoms with van der Waals surface area (Å²) in [4.78, 5) is 10.6. The van der Waals surface area contributed by atoms with Crippen molar-refractivity contribution in [3.63, 3.8) is 0 Å². The summed E-state index contributed by atoms with van der Waals surface area (Å²) in [5, 5.41) is 14.1. The molecule has 0 amide bonds. The Hall–Kier alpha value is -2.56. The van der Waals surface area contributed by atoms with Crippen LogP contribution in [0.5, 0.6) is 5.75 Å². The van der Waals surface area contributed by atoms with Gasteiger partial charge in [0.05, 0.1) is 11.0 Å². The Morgan fingerprint density at radius 1 is 1.24 bits per heavy atom. The van der Waals surface area contributed by atoms with Crippen molar-refractivity contribution in [2.75, 3.05) is 11.9 Å². The molecule has 0 aromatic heterocycles. The number of anilines is 1. The molecule has 2 aromatic rings. The largest absolute Gasteiger partial charge is 0.486 e. The number of nitrogens with one attached hydrogen (secondary N) is 1. The van der Waals surface area contributed by atoms with Crippen molar-refractivity contribution in [1.82, 2.24) is 0 Å². The van der Waals surface area contributed by atoms with E-state index in [1.807, 2.05) is 44.2 Å². The Kier molecular flexibility index (Phi) is 4.77. The van der Waals surface area contributed by atoms with E-state index in [0.29, 0.717) is 18.0 Å². The van der Waals surface area contributed by atoms with E-state index in [0.717, 1.165) is 5.56 Å². The van der Waals surface area contributed by atoms with Crippen molar-refractivity contribution in [2.45, 2.75) is 20.0 Å². The summed E-state index contributed by atoms with van der Waals surface area (Å²) in [5.74, 6) is 0.483. The molecule has 0 saturated heterocycles. The Morgan fingerprint density at radius 2 is 1.95 bits per heavy atom. The van der Waals surface area contributed by atoms with Gasteiger partial charge in [0.15, 0.2) is 0 Å². The van der Waals surface area contributed by atoms with E-state index >= 15 is 0 Å². The standard InChI is InChI=1S/C16H18N2O3/c1-3-17-14-9-15(18(19)20)11-16(10-14)21-12(2)13-7-5-4-6-8-13/h4-12,17H,3H2,1-2H3. The molecule has 21 heavy (non-hydrogen) atoms. The molecule has 5 heteroatoms. The zero-order valence-corrected chi connectivity index (χ0v) is 12.1. The maximum Gasteiger partial charge on any atom is 0.275 e. The van der Waals surface area contributed by atoms with E-state index < -0.39 is 4.92 Å². The first-order valence-corrected chi connectivity index (χ1v) is 6.85. The number of ether oxygens (including phenoxy) is 1. The molecule has 110 valence electrons. The number of hydrogen-bond acceptors (Lipinski definition) is 4. The molecular weight excluding hydrogens is 268 g/mol. The number of rotatable bonds is 6. The third-order valence-electron chi connectivity index (χ3n) is 3.06. The monoisotopic (exact) mass is 286 g/mol. The van der Waals surface area contributed by atoms with Crippen molar-refractivity contribution in [3.05, 3.63) is 64.2 Å². The minimum absolute atomic E-state index is 0.0173. The van der Waals surface area contributed by atoms with Crippen LogP contribution in [0.3, 0.4) is 0 Å². The van der Waals surface area contributed by atoms with Crippen molar-refractivity contribution >= 4 is 11.4 Å². The number of nitro benzene ring substituents is 1. The van der Waals surface area contributed by atoms with Gasteiger partial charge in [-0.15, -0.1) is 0 Å². The van der Waals surface area contributed by atoms with Crippen LogP contribution in [-0.4, -0.2) is 11.5 Å². The molecule has 2 aromatic carbocycles.